The average molecular weight is 552 g/mol. The Balaban J connectivity index is 3.19. The van der Waals surface area contributed by atoms with Crippen LogP contribution >= 0.6 is 0 Å². The highest BCUT2D eigenvalue weighted by molar-refractivity contribution is 5.94. The fourth-order valence-electron chi connectivity index (χ4n) is 3.53. The summed E-state index contributed by atoms with van der Waals surface area (Å²) in [6.45, 7) is 3.40. The molecule has 0 aliphatic rings. The minimum Gasteiger partial charge on any atom is -0.508 e. The van der Waals surface area contributed by atoms with Crippen LogP contribution in [0.3, 0.4) is 0 Å². The number of phenols is 1. The van der Waals surface area contributed by atoms with Crippen LogP contribution in [0.1, 0.15) is 51.5 Å². The van der Waals surface area contributed by atoms with E-state index in [4.69, 9.17) is 16.6 Å². The number of carbonyl (C=O) groups is 6. The van der Waals surface area contributed by atoms with Gasteiger partial charge in [0, 0.05) is 19.3 Å². The van der Waals surface area contributed by atoms with E-state index in [2.05, 4.69) is 16.0 Å². The molecule has 0 fully saturated rings. The summed E-state index contributed by atoms with van der Waals surface area (Å²) in [5, 5.41) is 35.5. The molecule has 0 aliphatic heterocycles. The minimum atomic E-state index is -1.41. The van der Waals surface area contributed by atoms with Crippen molar-refractivity contribution >= 4 is 35.6 Å². The number of phenolic OH excluding ortho intramolecular Hbond substituents is 1. The molecule has 4 amide bonds. The highest BCUT2D eigenvalue weighted by atomic mass is 16.4. The summed E-state index contributed by atoms with van der Waals surface area (Å²) >= 11 is 0. The fourth-order valence-corrected chi connectivity index (χ4v) is 3.53. The molecular weight excluding hydrogens is 514 g/mol. The van der Waals surface area contributed by atoms with E-state index in [9.17, 15) is 39.0 Å². The summed E-state index contributed by atoms with van der Waals surface area (Å²) in [6.07, 6.45) is -0.788. The van der Waals surface area contributed by atoms with E-state index in [0.717, 1.165) is 0 Å². The van der Waals surface area contributed by atoms with Gasteiger partial charge < -0.3 is 42.7 Å². The first kappa shape index (κ1) is 32.8. The van der Waals surface area contributed by atoms with Crippen LogP contribution in [0.15, 0.2) is 24.3 Å². The van der Waals surface area contributed by atoms with Gasteiger partial charge in [-0.05, 0) is 36.5 Å². The van der Waals surface area contributed by atoms with E-state index in [0.29, 0.717) is 12.0 Å². The van der Waals surface area contributed by atoms with E-state index in [1.165, 1.54) is 24.3 Å². The zero-order chi connectivity index (χ0) is 29.7. The van der Waals surface area contributed by atoms with Gasteiger partial charge in [0.15, 0.2) is 0 Å². The summed E-state index contributed by atoms with van der Waals surface area (Å²) in [5.74, 6) is -6.19. The van der Waals surface area contributed by atoms with Gasteiger partial charge in [0.05, 0.1) is 6.04 Å². The molecule has 1 aromatic carbocycles. The molecule has 1 rings (SSSR count). The maximum atomic E-state index is 13.2. The molecule has 0 spiro atoms. The van der Waals surface area contributed by atoms with Crippen LogP contribution in [-0.4, -0.2) is 75.1 Å². The number of aromatic hydroxyl groups is 1. The summed E-state index contributed by atoms with van der Waals surface area (Å²) in [7, 11) is 0. The second-order valence-electron chi connectivity index (χ2n) is 9.25. The van der Waals surface area contributed by atoms with Gasteiger partial charge in [-0.25, -0.2) is 4.79 Å². The van der Waals surface area contributed by atoms with Gasteiger partial charge in [-0.1, -0.05) is 32.4 Å². The van der Waals surface area contributed by atoms with Gasteiger partial charge >= 0.3 is 11.9 Å². The average Bonchev–Trinajstić information content (AvgIpc) is 2.87. The molecule has 1 aromatic rings. The number of hydrogen-bond acceptors (Lipinski definition) is 8. The minimum absolute atomic E-state index is 0.0318. The van der Waals surface area contributed by atoms with Crippen molar-refractivity contribution in [2.45, 2.75) is 76.5 Å². The fraction of sp³-hybridized carbons (Fsp3) is 0.520. The van der Waals surface area contributed by atoms with Crippen molar-refractivity contribution in [1.29, 1.82) is 0 Å². The van der Waals surface area contributed by atoms with Crippen molar-refractivity contribution in [2.24, 2.45) is 17.4 Å². The molecule has 0 bridgehead atoms. The van der Waals surface area contributed by atoms with Crippen LogP contribution in [0.2, 0.25) is 0 Å². The molecule has 0 heterocycles. The predicted molar refractivity (Wildman–Crippen MR) is 138 cm³/mol. The number of carboxylic acid groups (broad SMARTS) is 2. The van der Waals surface area contributed by atoms with Gasteiger partial charge in [-0.2, -0.15) is 0 Å². The molecule has 14 nitrogen and oxygen atoms in total. The van der Waals surface area contributed by atoms with Crippen LogP contribution in [0, 0.1) is 5.92 Å². The van der Waals surface area contributed by atoms with Crippen LogP contribution in [0.4, 0.5) is 0 Å². The quantitative estimate of drug-likeness (QED) is 0.117. The number of benzene rings is 1. The third kappa shape index (κ3) is 11.8. The van der Waals surface area contributed by atoms with Crippen LogP contribution in [0.25, 0.3) is 0 Å². The monoisotopic (exact) mass is 551 g/mol. The van der Waals surface area contributed by atoms with Gasteiger partial charge in [0.2, 0.25) is 23.6 Å². The van der Waals surface area contributed by atoms with Gasteiger partial charge in [-0.15, -0.1) is 0 Å². The highest BCUT2D eigenvalue weighted by Crippen LogP contribution is 2.13. The lowest BCUT2D eigenvalue weighted by Crippen LogP contribution is -2.58. The Morgan fingerprint density at radius 2 is 1.41 bits per heavy atom. The summed E-state index contributed by atoms with van der Waals surface area (Å²) in [4.78, 5) is 72.7. The number of rotatable bonds is 17. The van der Waals surface area contributed by atoms with Crippen molar-refractivity contribution in [3.05, 3.63) is 29.8 Å². The molecule has 5 unspecified atom stereocenters. The molecule has 0 saturated heterocycles. The second-order valence-corrected chi connectivity index (χ2v) is 9.25. The summed E-state index contributed by atoms with van der Waals surface area (Å²) in [6, 6.07) is 0.574. The molecule has 216 valence electrons. The number of nitrogens with one attached hydrogen (secondary N) is 3. The Bertz CT molecular complexity index is 1030. The Kier molecular flexibility index (Phi) is 13.4. The molecule has 0 saturated carbocycles. The van der Waals surface area contributed by atoms with Gasteiger partial charge in [0.25, 0.3) is 0 Å². The van der Waals surface area contributed by atoms with Crippen molar-refractivity contribution < 1.29 is 44.1 Å². The predicted octanol–water partition coefficient (Wildman–Crippen LogP) is -1.02. The number of hydrogen-bond donors (Lipinski definition) is 8. The molecule has 5 atom stereocenters. The normalized spacial score (nSPS) is 14.6. The van der Waals surface area contributed by atoms with Crippen LogP contribution < -0.4 is 27.4 Å². The topological polar surface area (TPSA) is 251 Å². The summed E-state index contributed by atoms with van der Waals surface area (Å²) < 4.78 is 0. The number of amides is 4. The third-order valence-corrected chi connectivity index (χ3v) is 6.10. The van der Waals surface area contributed by atoms with Crippen molar-refractivity contribution in [1.82, 2.24) is 16.0 Å². The molecule has 14 heteroatoms. The van der Waals surface area contributed by atoms with Gasteiger partial charge in [-0.3, -0.25) is 24.0 Å². The Labute approximate surface area is 225 Å². The zero-order valence-corrected chi connectivity index (χ0v) is 21.9. The Morgan fingerprint density at radius 3 is 1.92 bits per heavy atom. The number of carbonyl (C=O) groups excluding carboxylic acids is 4. The van der Waals surface area contributed by atoms with Crippen LogP contribution in [0.5, 0.6) is 5.75 Å². The zero-order valence-electron chi connectivity index (χ0n) is 21.9. The molecule has 0 aliphatic carbocycles. The molecule has 39 heavy (non-hydrogen) atoms. The largest absolute Gasteiger partial charge is 0.508 e. The lowest BCUT2D eigenvalue weighted by Gasteiger charge is -2.26. The first-order valence-electron chi connectivity index (χ1n) is 12.4. The molecule has 10 N–H and O–H groups in total. The number of carboxylic acids is 2. The van der Waals surface area contributed by atoms with Crippen molar-refractivity contribution in [2.75, 3.05) is 0 Å². The number of nitrogens with two attached hydrogens (primary N) is 2. The van der Waals surface area contributed by atoms with E-state index < -0.39 is 72.1 Å². The summed E-state index contributed by atoms with van der Waals surface area (Å²) in [5.41, 5.74) is 11.3. The molecule has 0 radical (unpaired) electrons. The number of aliphatic carboxylic acids is 2. The van der Waals surface area contributed by atoms with Crippen LogP contribution in [-0.2, 0) is 35.2 Å². The van der Waals surface area contributed by atoms with Crippen molar-refractivity contribution in [3.8, 4) is 5.75 Å². The Hall–Kier alpha value is -4.20. The first-order valence-corrected chi connectivity index (χ1v) is 12.4. The van der Waals surface area contributed by atoms with E-state index in [1.54, 1.807) is 13.8 Å². The van der Waals surface area contributed by atoms with E-state index in [-0.39, 0.29) is 31.4 Å². The molecule has 0 aromatic heterocycles. The lowest BCUT2D eigenvalue weighted by atomic mass is 9.98. The van der Waals surface area contributed by atoms with Crippen molar-refractivity contribution in [3.63, 3.8) is 0 Å². The Morgan fingerprint density at radius 1 is 0.846 bits per heavy atom. The van der Waals surface area contributed by atoms with Gasteiger partial charge in [0.1, 0.15) is 23.9 Å². The maximum Gasteiger partial charge on any atom is 0.326 e. The smallest absolute Gasteiger partial charge is 0.326 e. The maximum absolute atomic E-state index is 13.2. The third-order valence-electron chi connectivity index (χ3n) is 6.10. The number of primary amides is 1. The SMILES string of the molecule is CCC(C)C(NC(=O)C(Cc1ccc(O)cc1)NC(=O)C(CCC(=O)O)NC(=O)C(N)CCC(N)=O)C(=O)O. The van der Waals surface area contributed by atoms with E-state index in [1.807, 2.05) is 0 Å². The lowest BCUT2D eigenvalue weighted by molar-refractivity contribution is -0.143. The highest BCUT2D eigenvalue weighted by Gasteiger charge is 2.32. The van der Waals surface area contributed by atoms with E-state index >= 15 is 0 Å². The first-order chi connectivity index (χ1) is 18.2. The molecular formula is C25H37N5O9. The standard InChI is InChI=1S/C25H37N5O9/c1-3-13(2)21(25(38)39)30-24(37)18(12-14-4-6-15(31)7-5-14)29-23(36)17(9-11-20(33)34)28-22(35)16(26)8-10-19(27)32/h4-7,13,16-18,21,31H,3,8-12,26H2,1-2H3,(H2,27,32)(H,28,35)(H,29,36)(H,30,37)(H,33,34)(H,38,39). The second kappa shape index (κ2) is 15.9.